The van der Waals surface area contributed by atoms with E-state index in [9.17, 15) is 0 Å². The van der Waals surface area contributed by atoms with Crippen molar-refractivity contribution in [3.63, 3.8) is 0 Å². The second-order valence-electron chi connectivity index (χ2n) is 5.34. The van der Waals surface area contributed by atoms with Gasteiger partial charge in [-0.15, -0.1) is 0 Å². The maximum absolute atomic E-state index is 6.25. The molecule has 2 aromatic rings. The first-order valence-electron chi connectivity index (χ1n) is 7.00. The lowest BCUT2D eigenvalue weighted by atomic mass is 10.0. The Balaban J connectivity index is 2.11. The number of aromatic nitrogens is 3. The first-order valence-corrected chi connectivity index (χ1v) is 7.76. The molecule has 4 nitrogen and oxygen atoms in total. The molecule has 2 rings (SSSR count). The topological polar surface area (TPSA) is 42.7 Å². The Kier molecular flexibility index (Phi) is 5.62. The first-order chi connectivity index (χ1) is 10.0. The van der Waals surface area contributed by atoms with Gasteiger partial charge in [-0.25, -0.2) is 9.67 Å². The van der Waals surface area contributed by atoms with Crippen molar-refractivity contribution in [1.82, 2.24) is 20.1 Å². The Morgan fingerprint density at radius 3 is 2.62 bits per heavy atom. The van der Waals surface area contributed by atoms with Crippen molar-refractivity contribution in [1.29, 1.82) is 0 Å². The van der Waals surface area contributed by atoms with Crippen LogP contribution in [0.15, 0.2) is 24.5 Å². The average molecular weight is 327 g/mol. The number of hydrogen-bond acceptors (Lipinski definition) is 3. The van der Waals surface area contributed by atoms with Crippen LogP contribution < -0.4 is 5.32 Å². The maximum atomic E-state index is 6.25. The molecule has 0 aliphatic carbocycles. The summed E-state index contributed by atoms with van der Waals surface area (Å²) in [6.45, 7) is 4.20. The first kappa shape index (κ1) is 16.3. The third-order valence-corrected chi connectivity index (χ3v) is 4.04. The Morgan fingerprint density at radius 2 is 2.00 bits per heavy atom. The van der Waals surface area contributed by atoms with Gasteiger partial charge < -0.3 is 5.32 Å². The average Bonchev–Trinajstić information content (AvgIpc) is 2.89. The van der Waals surface area contributed by atoms with Gasteiger partial charge in [0.15, 0.2) is 0 Å². The van der Waals surface area contributed by atoms with E-state index in [1.165, 1.54) is 0 Å². The van der Waals surface area contributed by atoms with E-state index in [1.54, 1.807) is 12.4 Å². The van der Waals surface area contributed by atoms with Crippen LogP contribution in [0.2, 0.25) is 10.0 Å². The van der Waals surface area contributed by atoms with E-state index in [0.717, 1.165) is 24.2 Å². The smallest absolute Gasteiger partial charge is 0.138 e. The van der Waals surface area contributed by atoms with E-state index in [0.29, 0.717) is 16.1 Å². The number of hydrogen-bond donors (Lipinski definition) is 1. The fourth-order valence-corrected chi connectivity index (χ4v) is 2.79. The zero-order valence-corrected chi connectivity index (χ0v) is 14.0. The summed E-state index contributed by atoms with van der Waals surface area (Å²) in [5.41, 5.74) is 1.08. The van der Waals surface area contributed by atoms with Gasteiger partial charge in [0.05, 0.1) is 0 Å². The SMILES string of the molecule is CNC(Cc1ccc(Cl)cc1Cl)Cc1ncnn1C(C)C. The van der Waals surface area contributed by atoms with Crippen LogP contribution in [0.25, 0.3) is 0 Å². The molecule has 0 amide bonds. The standard InChI is InChI=1S/C15H20Cl2N4/c1-10(2)21-15(19-9-20-21)8-13(18-3)6-11-4-5-12(16)7-14(11)17/h4-5,7,9-10,13,18H,6,8H2,1-3H3. The van der Waals surface area contributed by atoms with E-state index in [2.05, 4.69) is 29.2 Å². The van der Waals surface area contributed by atoms with Crippen molar-refractivity contribution < 1.29 is 0 Å². The molecule has 1 aromatic carbocycles. The lowest BCUT2D eigenvalue weighted by Crippen LogP contribution is -2.31. The van der Waals surface area contributed by atoms with Crippen LogP contribution in [0.4, 0.5) is 0 Å². The molecule has 0 aliphatic heterocycles. The molecule has 0 aliphatic rings. The van der Waals surface area contributed by atoms with Gasteiger partial charge in [0, 0.05) is 28.5 Å². The predicted molar refractivity (Wildman–Crippen MR) is 87.1 cm³/mol. The number of benzene rings is 1. The third-order valence-electron chi connectivity index (χ3n) is 3.46. The summed E-state index contributed by atoms with van der Waals surface area (Å²) >= 11 is 12.2. The lowest BCUT2D eigenvalue weighted by Gasteiger charge is -2.18. The van der Waals surface area contributed by atoms with Crippen LogP contribution in [0.3, 0.4) is 0 Å². The van der Waals surface area contributed by atoms with Crippen LogP contribution in [-0.2, 0) is 12.8 Å². The summed E-state index contributed by atoms with van der Waals surface area (Å²) in [4.78, 5) is 4.36. The third kappa shape index (κ3) is 4.19. The van der Waals surface area contributed by atoms with Crippen LogP contribution >= 0.6 is 23.2 Å². The molecule has 0 fully saturated rings. The zero-order valence-electron chi connectivity index (χ0n) is 12.5. The fraction of sp³-hybridized carbons (Fsp3) is 0.467. The van der Waals surface area contributed by atoms with Crippen LogP contribution in [0.1, 0.15) is 31.3 Å². The van der Waals surface area contributed by atoms with E-state index in [-0.39, 0.29) is 6.04 Å². The highest BCUT2D eigenvalue weighted by Gasteiger charge is 2.15. The summed E-state index contributed by atoms with van der Waals surface area (Å²) in [5, 5.41) is 8.96. The monoisotopic (exact) mass is 326 g/mol. The number of nitrogens with zero attached hydrogens (tertiary/aromatic N) is 3. The minimum atomic E-state index is 0.241. The fourth-order valence-electron chi connectivity index (χ4n) is 2.30. The quantitative estimate of drug-likeness (QED) is 0.882. The number of likely N-dealkylation sites (N-methyl/N-ethyl adjacent to an activating group) is 1. The molecule has 0 bridgehead atoms. The Bertz CT molecular complexity index is 595. The van der Waals surface area contributed by atoms with Gasteiger partial charge in [0.25, 0.3) is 0 Å². The summed E-state index contributed by atoms with van der Waals surface area (Å²) < 4.78 is 1.95. The molecule has 0 saturated heterocycles. The molecule has 0 saturated carbocycles. The largest absolute Gasteiger partial charge is 0.316 e. The highest BCUT2D eigenvalue weighted by molar-refractivity contribution is 6.35. The Morgan fingerprint density at radius 1 is 1.24 bits per heavy atom. The van der Waals surface area contributed by atoms with Gasteiger partial charge in [-0.3, -0.25) is 0 Å². The lowest BCUT2D eigenvalue weighted by molar-refractivity contribution is 0.470. The van der Waals surface area contributed by atoms with Crippen LogP contribution in [0, 0.1) is 0 Å². The predicted octanol–water partition coefficient (Wildman–Crippen LogP) is 3.54. The van der Waals surface area contributed by atoms with Crippen molar-refractivity contribution >= 4 is 23.2 Å². The maximum Gasteiger partial charge on any atom is 0.138 e. The molecule has 1 atom stereocenters. The van der Waals surface area contributed by atoms with Crippen LogP contribution in [0.5, 0.6) is 0 Å². The van der Waals surface area contributed by atoms with Gasteiger partial charge in [0.2, 0.25) is 0 Å². The second-order valence-corrected chi connectivity index (χ2v) is 6.19. The molecule has 1 aromatic heterocycles. The molecule has 0 spiro atoms. The van der Waals surface area contributed by atoms with Crippen molar-refractivity contribution in [2.45, 2.75) is 38.8 Å². The van der Waals surface area contributed by atoms with Crippen molar-refractivity contribution in [2.24, 2.45) is 0 Å². The molecule has 1 N–H and O–H groups in total. The summed E-state index contributed by atoms with van der Waals surface area (Å²) in [7, 11) is 1.95. The molecule has 1 unspecified atom stereocenters. The molecule has 0 radical (unpaired) electrons. The number of nitrogens with one attached hydrogen (secondary N) is 1. The van der Waals surface area contributed by atoms with E-state index >= 15 is 0 Å². The summed E-state index contributed by atoms with van der Waals surface area (Å²) in [6.07, 6.45) is 3.22. The van der Waals surface area contributed by atoms with Gasteiger partial charge in [-0.2, -0.15) is 5.10 Å². The molecule has 1 heterocycles. The molecule has 6 heteroatoms. The molecular weight excluding hydrogens is 307 g/mol. The summed E-state index contributed by atoms with van der Waals surface area (Å²) in [6, 6.07) is 6.17. The van der Waals surface area contributed by atoms with E-state index in [1.807, 2.05) is 23.9 Å². The molecular formula is C15H20Cl2N4. The van der Waals surface area contributed by atoms with E-state index < -0.39 is 0 Å². The Labute approximate surface area is 135 Å². The summed E-state index contributed by atoms with van der Waals surface area (Å²) in [5.74, 6) is 0.981. The zero-order chi connectivity index (χ0) is 15.4. The van der Waals surface area contributed by atoms with Crippen molar-refractivity contribution in [3.05, 3.63) is 46.0 Å². The Hall–Kier alpha value is -1.10. The number of halogens is 2. The second kappa shape index (κ2) is 7.25. The van der Waals surface area contributed by atoms with Crippen molar-refractivity contribution in [3.8, 4) is 0 Å². The normalized spacial score (nSPS) is 12.9. The van der Waals surface area contributed by atoms with Gasteiger partial charge in [-0.1, -0.05) is 29.3 Å². The van der Waals surface area contributed by atoms with Gasteiger partial charge in [-0.05, 0) is 45.0 Å². The minimum Gasteiger partial charge on any atom is -0.316 e. The number of rotatable bonds is 6. The minimum absolute atomic E-state index is 0.241. The van der Waals surface area contributed by atoms with Gasteiger partial charge in [0.1, 0.15) is 12.2 Å². The van der Waals surface area contributed by atoms with Gasteiger partial charge >= 0.3 is 0 Å². The highest BCUT2D eigenvalue weighted by Crippen LogP contribution is 2.22. The van der Waals surface area contributed by atoms with E-state index in [4.69, 9.17) is 23.2 Å². The molecule has 21 heavy (non-hydrogen) atoms. The molecule has 114 valence electrons. The highest BCUT2D eigenvalue weighted by atomic mass is 35.5. The van der Waals surface area contributed by atoms with Crippen molar-refractivity contribution in [2.75, 3.05) is 7.05 Å². The van der Waals surface area contributed by atoms with Crippen LogP contribution in [-0.4, -0.2) is 27.9 Å².